The van der Waals surface area contributed by atoms with Gasteiger partial charge < -0.3 is 10.6 Å². The van der Waals surface area contributed by atoms with Crippen LogP contribution in [0.3, 0.4) is 0 Å². The molecule has 154 valence electrons. The van der Waals surface area contributed by atoms with Crippen molar-refractivity contribution in [2.75, 3.05) is 19.6 Å². The van der Waals surface area contributed by atoms with E-state index in [1.54, 1.807) is 13.8 Å². The molecule has 4 amide bonds. The second kappa shape index (κ2) is 9.68. The molecule has 2 N–H and O–H groups in total. The molecule has 7 nitrogen and oxygen atoms in total. The van der Waals surface area contributed by atoms with E-state index < -0.39 is 5.54 Å². The van der Waals surface area contributed by atoms with E-state index >= 15 is 0 Å². The largest absolute Gasteiger partial charge is 0.352 e. The molecule has 0 saturated carbocycles. The molecule has 2 rings (SSSR count). The molecule has 0 unspecified atom stereocenters. The Kier molecular flexibility index (Phi) is 7.57. The van der Waals surface area contributed by atoms with Gasteiger partial charge in [0.15, 0.2) is 0 Å². The topological polar surface area (TPSA) is 81.8 Å². The summed E-state index contributed by atoms with van der Waals surface area (Å²) in [6.45, 7) is 11.4. The van der Waals surface area contributed by atoms with Gasteiger partial charge in [-0.1, -0.05) is 38.1 Å². The van der Waals surface area contributed by atoms with Crippen molar-refractivity contribution >= 4 is 17.8 Å². The SMILES string of the molecule is CCN(CC)Cc1ccc(CNC(=O)CCCN2C(=O)NC(C)(C)C2=O)cc1. The summed E-state index contributed by atoms with van der Waals surface area (Å²) in [4.78, 5) is 39.5. The zero-order chi connectivity index (χ0) is 20.7. The Labute approximate surface area is 167 Å². The van der Waals surface area contributed by atoms with Gasteiger partial charge in [-0.15, -0.1) is 0 Å². The zero-order valence-electron chi connectivity index (χ0n) is 17.4. The van der Waals surface area contributed by atoms with Gasteiger partial charge in [0.1, 0.15) is 5.54 Å². The van der Waals surface area contributed by atoms with E-state index in [0.29, 0.717) is 13.0 Å². The fourth-order valence-electron chi connectivity index (χ4n) is 3.18. The van der Waals surface area contributed by atoms with Crippen molar-refractivity contribution in [1.29, 1.82) is 0 Å². The van der Waals surface area contributed by atoms with E-state index in [4.69, 9.17) is 0 Å². The van der Waals surface area contributed by atoms with Gasteiger partial charge in [0.25, 0.3) is 5.91 Å². The molecule has 0 aliphatic carbocycles. The van der Waals surface area contributed by atoms with Crippen molar-refractivity contribution in [3.8, 4) is 0 Å². The van der Waals surface area contributed by atoms with Gasteiger partial charge in [0.2, 0.25) is 5.91 Å². The van der Waals surface area contributed by atoms with E-state index in [-0.39, 0.29) is 30.8 Å². The van der Waals surface area contributed by atoms with E-state index in [1.165, 1.54) is 10.5 Å². The second-order valence-corrected chi connectivity index (χ2v) is 7.67. The maximum absolute atomic E-state index is 12.1. The zero-order valence-corrected chi connectivity index (χ0v) is 17.4. The molecule has 1 aliphatic rings. The first kappa shape index (κ1) is 21.9. The van der Waals surface area contributed by atoms with Crippen LogP contribution in [0.1, 0.15) is 51.7 Å². The number of rotatable bonds is 10. The van der Waals surface area contributed by atoms with Crippen LogP contribution in [-0.2, 0) is 22.7 Å². The summed E-state index contributed by atoms with van der Waals surface area (Å²) in [5.41, 5.74) is 1.44. The first-order valence-corrected chi connectivity index (χ1v) is 9.97. The number of nitrogens with zero attached hydrogens (tertiary/aromatic N) is 2. The lowest BCUT2D eigenvalue weighted by Crippen LogP contribution is -2.40. The van der Waals surface area contributed by atoms with Crippen LogP contribution in [-0.4, -0.2) is 52.8 Å². The highest BCUT2D eigenvalue weighted by atomic mass is 16.2. The molecule has 1 saturated heterocycles. The number of amides is 4. The third kappa shape index (κ3) is 5.79. The minimum atomic E-state index is -0.864. The summed E-state index contributed by atoms with van der Waals surface area (Å²) in [7, 11) is 0. The number of hydrogen-bond donors (Lipinski definition) is 2. The molecule has 1 aliphatic heterocycles. The van der Waals surface area contributed by atoms with Crippen molar-refractivity contribution in [2.45, 2.75) is 59.2 Å². The number of urea groups is 1. The van der Waals surface area contributed by atoms with Crippen LogP contribution in [0.2, 0.25) is 0 Å². The normalized spacial score (nSPS) is 15.8. The Balaban J connectivity index is 1.71. The molecule has 0 radical (unpaired) electrons. The molecule has 0 atom stereocenters. The Bertz CT molecular complexity index is 696. The number of benzene rings is 1. The van der Waals surface area contributed by atoms with Gasteiger partial charge in [-0.25, -0.2) is 4.79 Å². The van der Waals surface area contributed by atoms with Gasteiger partial charge in [0.05, 0.1) is 0 Å². The fraction of sp³-hybridized carbons (Fsp3) is 0.571. The quantitative estimate of drug-likeness (QED) is 0.603. The Hall–Kier alpha value is -2.41. The van der Waals surface area contributed by atoms with Crippen LogP contribution in [0.5, 0.6) is 0 Å². The number of carbonyl (C=O) groups is 3. The van der Waals surface area contributed by atoms with Gasteiger partial charge in [0, 0.05) is 26.1 Å². The van der Waals surface area contributed by atoms with Gasteiger partial charge in [-0.2, -0.15) is 0 Å². The van der Waals surface area contributed by atoms with Gasteiger partial charge in [-0.05, 0) is 44.5 Å². The third-order valence-corrected chi connectivity index (χ3v) is 5.04. The minimum Gasteiger partial charge on any atom is -0.352 e. The molecule has 0 spiro atoms. The summed E-state index contributed by atoms with van der Waals surface area (Å²) >= 11 is 0. The van der Waals surface area contributed by atoms with Crippen molar-refractivity contribution in [2.24, 2.45) is 0 Å². The predicted octanol–water partition coefficient (Wildman–Crippen LogP) is 2.26. The lowest BCUT2D eigenvalue weighted by molar-refractivity contribution is -0.130. The second-order valence-electron chi connectivity index (χ2n) is 7.67. The molecular formula is C21H32N4O3. The molecule has 1 aromatic rings. The van der Waals surface area contributed by atoms with Crippen LogP contribution in [0.4, 0.5) is 4.79 Å². The summed E-state index contributed by atoms with van der Waals surface area (Å²) < 4.78 is 0. The molecule has 1 aromatic carbocycles. The number of imide groups is 1. The molecule has 0 aromatic heterocycles. The average Bonchev–Trinajstić information content (AvgIpc) is 2.86. The molecular weight excluding hydrogens is 356 g/mol. The maximum atomic E-state index is 12.1. The predicted molar refractivity (Wildman–Crippen MR) is 108 cm³/mol. The summed E-state index contributed by atoms with van der Waals surface area (Å²) in [6, 6.07) is 7.88. The molecule has 1 fully saturated rings. The monoisotopic (exact) mass is 388 g/mol. The van der Waals surface area contributed by atoms with Crippen LogP contribution < -0.4 is 10.6 Å². The highest BCUT2D eigenvalue weighted by molar-refractivity contribution is 6.06. The van der Waals surface area contributed by atoms with Gasteiger partial charge >= 0.3 is 6.03 Å². The first-order valence-electron chi connectivity index (χ1n) is 9.97. The summed E-state index contributed by atoms with van der Waals surface area (Å²) in [5.74, 6) is -0.332. The first-order chi connectivity index (χ1) is 13.3. The Morgan fingerprint density at radius 2 is 1.71 bits per heavy atom. The minimum absolute atomic E-state index is 0.0847. The van der Waals surface area contributed by atoms with Crippen molar-refractivity contribution < 1.29 is 14.4 Å². The Morgan fingerprint density at radius 1 is 1.11 bits per heavy atom. The molecule has 7 heteroatoms. The van der Waals surface area contributed by atoms with E-state index in [2.05, 4.69) is 41.5 Å². The fourth-order valence-corrected chi connectivity index (χ4v) is 3.18. The van der Waals surface area contributed by atoms with Crippen LogP contribution in [0.15, 0.2) is 24.3 Å². The van der Waals surface area contributed by atoms with Crippen molar-refractivity contribution in [3.05, 3.63) is 35.4 Å². The van der Waals surface area contributed by atoms with Crippen molar-refractivity contribution in [3.63, 3.8) is 0 Å². The summed E-state index contributed by atoms with van der Waals surface area (Å²) in [6.07, 6.45) is 0.724. The lowest BCUT2D eigenvalue weighted by atomic mass is 10.1. The lowest BCUT2D eigenvalue weighted by Gasteiger charge is -2.18. The van der Waals surface area contributed by atoms with Crippen LogP contribution >= 0.6 is 0 Å². The standard InChI is InChI=1S/C21H32N4O3/c1-5-24(6-2)15-17-11-9-16(10-12-17)14-22-18(26)8-7-13-25-19(27)21(3,4)23-20(25)28/h9-12H,5-8,13-15H2,1-4H3,(H,22,26)(H,23,28). The highest BCUT2D eigenvalue weighted by Gasteiger charge is 2.43. The third-order valence-electron chi connectivity index (χ3n) is 5.04. The van der Waals surface area contributed by atoms with Crippen LogP contribution in [0, 0.1) is 0 Å². The van der Waals surface area contributed by atoms with E-state index in [1.807, 2.05) is 12.1 Å². The maximum Gasteiger partial charge on any atom is 0.325 e. The van der Waals surface area contributed by atoms with Gasteiger partial charge in [-0.3, -0.25) is 19.4 Å². The highest BCUT2D eigenvalue weighted by Crippen LogP contribution is 2.17. The van der Waals surface area contributed by atoms with E-state index in [9.17, 15) is 14.4 Å². The molecule has 0 bridgehead atoms. The molecule has 1 heterocycles. The van der Waals surface area contributed by atoms with E-state index in [0.717, 1.165) is 25.2 Å². The number of hydrogen-bond acceptors (Lipinski definition) is 4. The van der Waals surface area contributed by atoms with Crippen molar-refractivity contribution in [1.82, 2.24) is 20.4 Å². The average molecular weight is 389 g/mol. The Morgan fingerprint density at radius 3 is 2.25 bits per heavy atom. The summed E-state index contributed by atoms with van der Waals surface area (Å²) in [5, 5.41) is 5.53. The molecule has 28 heavy (non-hydrogen) atoms. The smallest absolute Gasteiger partial charge is 0.325 e. The van der Waals surface area contributed by atoms with Crippen LogP contribution in [0.25, 0.3) is 0 Å². The number of carbonyl (C=O) groups excluding carboxylic acids is 3. The number of nitrogens with one attached hydrogen (secondary N) is 2.